The SMILES string of the molecule is C=C/C=C\C1=C(C)C(=O)N(C2CCC(=O)NC2=O)C1. The Morgan fingerprint density at radius 3 is 2.74 bits per heavy atom. The number of hydrogen-bond acceptors (Lipinski definition) is 3. The Labute approximate surface area is 111 Å². The van der Waals surface area contributed by atoms with Crippen LogP contribution in [0.3, 0.4) is 0 Å². The van der Waals surface area contributed by atoms with Gasteiger partial charge in [-0.05, 0) is 18.9 Å². The Morgan fingerprint density at radius 1 is 1.37 bits per heavy atom. The fraction of sp³-hybridized carbons (Fsp3) is 0.357. The van der Waals surface area contributed by atoms with E-state index in [1.807, 2.05) is 6.08 Å². The first-order valence-electron chi connectivity index (χ1n) is 6.18. The van der Waals surface area contributed by atoms with Crippen LogP contribution >= 0.6 is 0 Å². The van der Waals surface area contributed by atoms with Crippen molar-refractivity contribution < 1.29 is 14.4 Å². The van der Waals surface area contributed by atoms with E-state index in [1.54, 1.807) is 19.1 Å². The van der Waals surface area contributed by atoms with Gasteiger partial charge >= 0.3 is 0 Å². The van der Waals surface area contributed by atoms with E-state index >= 15 is 0 Å². The molecule has 2 aliphatic heterocycles. The summed E-state index contributed by atoms with van der Waals surface area (Å²) in [7, 11) is 0. The molecule has 0 radical (unpaired) electrons. The summed E-state index contributed by atoms with van der Waals surface area (Å²) in [5, 5.41) is 2.28. The Balaban J connectivity index is 2.15. The molecule has 100 valence electrons. The third-order valence-corrected chi connectivity index (χ3v) is 3.42. The smallest absolute Gasteiger partial charge is 0.250 e. The Bertz CT molecular complexity index is 517. The van der Waals surface area contributed by atoms with E-state index in [9.17, 15) is 14.4 Å². The van der Waals surface area contributed by atoms with Crippen molar-refractivity contribution >= 4 is 17.7 Å². The van der Waals surface area contributed by atoms with Crippen molar-refractivity contribution in [2.75, 3.05) is 6.54 Å². The van der Waals surface area contributed by atoms with Crippen LogP contribution in [0.25, 0.3) is 0 Å². The zero-order valence-corrected chi connectivity index (χ0v) is 10.8. The topological polar surface area (TPSA) is 66.5 Å². The third kappa shape index (κ3) is 2.50. The fourth-order valence-electron chi connectivity index (χ4n) is 2.32. The molecule has 1 atom stereocenters. The number of amides is 3. The summed E-state index contributed by atoms with van der Waals surface area (Å²) in [5.74, 6) is -0.797. The minimum atomic E-state index is -0.546. The lowest BCUT2D eigenvalue weighted by molar-refractivity contribution is -0.142. The largest absolute Gasteiger partial charge is 0.323 e. The van der Waals surface area contributed by atoms with Crippen LogP contribution in [0.2, 0.25) is 0 Å². The number of carbonyl (C=O) groups excluding carboxylic acids is 3. The molecule has 2 aliphatic rings. The Morgan fingerprint density at radius 2 is 2.11 bits per heavy atom. The van der Waals surface area contributed by atoms with Crippen LogP contribution < -0.4 is 5.32 Å². The fourth-order valence-corrected chi connectivity index (χ4v) is 2.32. The standard InChI is InChI=1S/C14H16N2O3/c1-3-4-5-10-8-16(14(19)9(10)2)11-6-7-12(17)15-13(11)18/h3-5,11H,1,6-8H2,2H3,(H,15,17,18)/b5-4-. The number of piperidine rings is 1. The predicted octanol–water partition coefficient (Wildman–Crippen LogP) is 0.692. The molecule has 0 bridgehead atoms. The second kappa shape index (κ2) is 5.22. The quantitative estimate of drug-likeness (QED) is 0.600. The summed E-state index contributed by atoms with van der Waals surface area (Å²) in [4.78, 5) is 36.6. The van der Waals surface area contributed by atoms with Crippen LogP contribution in [-0.4, -0.2) is 35.2 Å². The summed E-state index contributed by atoms with van der Waals surface area (Å²) in [6.45, 7) is 5.74. The van der Waals surface area contributed by atoms with Crippen molar-refractivity contribution in [1.82, 2.24) is 10.2 Å². The average molecular weight is 260 g/mol. The molecule has 0 aromatic heterocycles. The second-order valence-electron chi connectivity index (χ2n) is 4.65. The minimum absolute atomic E-state index is 0.141. The molecule has 0 spiro atoms. The lowest BCUT2D eigenvalue weighted by Crippen LogP contribution is -2.53. The first-order valence-corrected chi connectivity index (χ1v) is 6.18. The zero-order valence-electron chi connectivity index (χ0n) is 10.8. The number of allylic oxidation sites excluding steroid dienone is 2. The van der Waals surface area contributed by atoms with Crippen LogP contribution in [0.15, 0.2) is 36.0 Å². The van der Waals surface area contributed by atoms with E-state index < -0.39 is 6.04 Å². The summed E-state index contributed by atoms with van der Waals surface area (Å²) < 4.78 is 0. The highest BCUT2D eigenvalue weighted by Crippen LogP contribution is 2.25. The summed E-state index contributed by atoms with van der Waals surface area (Å²) in [6.07, 6.45) is 5.89. The van der Waals surface area contributed by atoms with Gasteiger partial charge in [0.1, 0.15) is 6.04 Å². The highest BCUT2D eigenvalue weighted by atomic mass is 16.2. The lowest BCUT2D eigenvalue weighted by Gasteiger charge is -2.29. The van der Waals surface area contributed by atoms with E-state index in [0.717, 1.165) is 5.57 Å². The molecule has 1 saturated heterocycles. The van der Waals surface area contributed by atoms with Gasteiger partial charge in [0.05, 0.1) is 0 Å². The maximum atomic E-state index is 12.1. The Hall–Kier alpha value is -2.17. The number of nitrogens with zero attached hydrogens (tertiary/aromatic N) is 1. The van der Waals surface area contributed by atoms with Crippen molar-refractivity contribution in [3.05, 3.63) is 36.0 Å². The third-order valence-electron chi connectivity index (χ3n) is 3.42. The highest BCUT2D eigenvalue weighted by Gasteiger charge is 2.38. The molecule has 5 heteroatoms. The number of rotatable bonds is 3. The van der Waals surface area contributed by atoms with Crippen LogP contribution in [0.5, 0.6) is 0 Å². The normalized spacial score (nSPS) is 24.4. The van der Waals surface area contributed by atoms with E-state index in [1.165, 1.54) is 4.90 Å². The van der Waals surface area contributed by atoms with Crippen molar-refractivity contribution in [3.8, 4) is 0 Å². The van der Waals surface area contributed by atoms with Gasteiger partial charge in [-0.1, -0.05) is 24.8 Å². The van der Waals surface area contributed by atoms with Crippen LogP contribution in [0.1, 0.15) is 19.8 Å². The van der Waals surface area contributed by atoms with E-state index in [2.05, 4.69) is 11.9 Å². The number of imide groups is 1. The van der Waals surface area contributed by atoms with Gasteiger partial charge in [-0.15, -0.1) is 0 Å². The molecule has 0 aliphatic carbocycles. The van der Waals surface area contributed by atoms with E-state index in [4.69, 9.17) is 0 Å². The lowest BCUT2D eigenvalue weighted by atomic mass is 10.0. The molecular formula is C14H16N2O3. The molecule has 5 nitrogen and oxygen atoms in total. The molecule has 2 rings (SSSR count). The summed E-state index contributed by atoms with van der Waals surface area (Å²) in [5.41, 5.74) is 1.53. The summed E-state index contributed by atoms with van der Waals surface area (Å²) >= 11 is 0. The molecule has 0 aromatic carbocycles. The van der Waals surface area contributed by atoms with Crippen molar-refractivity contribution in [2.24, 2.45) is 0 Å². The Kier molecular flexibility index (Phi) is 3.64. The average Bonchev–Trinajstić information content (AvgIpc) is 2.64. The van der Waals surface area contributed by atoms with Crippen LogP contribution in [0, 0.1) is 0 Å². The molecule has 0 aromatic rings. The van der Waals surface area contributed by atoms with Gasteiger partial charge < -0.3 is 4.90 Å². The van der Waals surface area contributed by atoms with Gasteiger partial charge in [0.2, 0.25) is 11.8 Å². The van der Waals surface area contributed by atoms with Gasteiger partial charge in [-0.25, -0.2) is 0 Å². The van der Waals surface area contributed by atoms with Crippen LogP contribution in [-0.2, 0) is 14.4 Å². The molecule has 1 unspecified atom stereocenters. The predicted molar refractivity (Wildman–Crippen MR) is 69.9 cm³/mol. The molecule has 2 heterocycles. The minimum Gasteiger partial charge on any atom is -0.323 e. The van der Waals surface area contributed by atoms with Gasteiger partial charge in [0.15, 0.2) is 0 Å². The molecule has 0 saturated carbocycles. The maximum absolute atomic E-state index is 12.1. The number of hydrogen-bond donors (Lipinski definition) is 1. The second-order valence-corrected chi connectivity index (χ2v) is 4.65. The first-order chi connectivity index (χ1) is 9.04. The monoisotopic (exact) mass is 260 g/mol. The number of carbonyl (C=O) groups is 3. The van der Waals surface area contributed by atoms with Crippen molar-refractivity contribution in [3.63, 3.8) is 0 Å². The summed E-state index contributed by atoms with van der Waals surface area (Å²) in [6, 6.07) is -0.546. The number of nitrogens with one attached hydrogen (secondary N) is 1. The zero-order chi connectivity index (χ0) is 14.0. The molecular weight excluding hydrogens is 244 g/mol. The molecule has 1 N–H and O–H groups in total. The van der Waals surface area contributed by atoms with Crippen LogP contribution in [0.4, 0.5) is 0 Å². The van der Waals surface area contributed by atoms with Gasteiger partial charge in [-0.3, -0.25) is 19.7 Å². The molecule has 19 heavy (non-hydrogen) atoms. The van der Waals surface area contributed by atoms with Crippen molar-refractivity contribution in [2.45, 2.75) is 25.8 Å². The van der Waals surface area contributed by atoms with Gasteiger partial charge in [0, 0.05) is 18.5 Å². The van der Waals surface area contributed by atoms with Crippen molar-refractivity contribution in [1.29, 1.82) is 0 Å². The maximum Gasteiger partial charge on any atom is 0.250 e. The van der Waals surface area contributed by atoms with E-state index in [0.29, 0.717) is 18.5 Å². The van der Waals surface area contributed by atoms with E-state index in [-0.39, 0.29) is 24.1 Å². The molecule has 1 fully saturated rings. The van der Waals surface area contributed by atoms with Gasteiger partial charge in [-0.2, -0.15) is 0 Å². The first kappa shape index (κ1) is 13.3. The highest BCUT2D eigenvalue weighted by molar-refractivity contribution is 6.05. The molecule has 3 amide bonds. The van der Waals surface area contributed by atoms with Gasteiger partial charge in [0.25, 0.3) is 5.91 Å².